The predicted octanol–water partition coefficient (Wildman–Crippen LogP) is 1.59. The number of ether oxygens (including phenoxy) is 1. The molecular formula is C16H25N3O3. The van der Waals surface area contributed by atoms with E-state index in [1.165, 1.54) is 0 Å². The van der Waals surface area contributed by atoms with Crippen molar-refractivity contribution in [3.63, 3.8) is 0 Å². The lowest BCUT2D eigenvalue weighted by atomic mass is 10.0. The Morgan fingerprint density at radius 3 is 2.95 bits per heavy atom. The maximum Gasteiger partial charge on any atom is 0.317 e. The summed E-state index contributed by atoms with van der Waals surface area (Å²) < 4.78 is 11.7. The Morgan fingerprint density at radius 2 is 2.27 bits per heavy atom. The molecule has 3 heterocycles. The van der Waals surface area contributed by atoms with Crippen molar-refractivity contribution < 1.29 is 13.9 Å². The third-order valence-corrected chi connectivity index (χ3v) is 4.50. The minimum absolute atomic E-state index is 0.0382. The van der Waals surface area contributed by atoms with Gasteiger partial charge in [-0.1, -0.05) is 0 Å². The summed E-state index contributed by atoms with van der Waals surface area (Å²) in [5, 5.41) is 3.09. The zero-order valence-electron chi connectivity index (χ0n) is 13.5. The molecule has 2 fully saturated rings. The minimum Gasteiger partial charge on any atom is -0.465 e. The Labute approximate surface area is 131 Å². The molecule has 122 valence electrons. The van der Waals surface area contributed by atoms with Crippen LogP contribution < -0.4 is 5.32 Å². The van der Waals surface area contributed by atoms with Crippen LogP contribution in [0.1, 0.15) is 24.4 Å². The molecule has 1 aromatic rings. The number of furan rings is 1. The van der Waals surface area contributed by atoms with Gasteiger partial charge in [0.15, 0.2) is 0 Å². The van der Waals surface area contributed by atoms with Gasteiger partial charge in [0.25, 0.3) is 0 Å². The van der Waals surface area contributed by atoms with Crippen molar-refractivity contribution in [3.8, 4) is 0 Å². The average molecular weight is 307 g/mol. The second-order valence-electron chi connectivity index (χ2n) is 6.44. The van der Waals surface area contributed by atoms with E-state index < -0.39 is 0 Å². The fourth-order valence-corrected chi connectivity index (χ4v) is 3.42. The molecule has 22 heavy (non-hydrogen) atoms. The summed E-state index contributed by atoms with van der Waals surface area (Å²) in [6.45, 7) is 4.31. The van der Waals surface area contributed by atoms with Gasteiger partial charge < -0.3 is 19.4 Å². The van der Waals surface area contributed by atoms with Crippen molar-refractivity contribution >= 4 is 6.03 Å². The topological polar surface area (TPSA) is 58.0 Å². The molecule has 6 nitrogen and oxygen atoms in total. The molecule has 6 heteroatoms. The number of carbonyl (C=O) groups excluding carboxylic acids is 1. The van der Waals surface area contributed by atoms with Gasteiger partial charge in [0.05, 0.1) is 18.7 Å². The number of urea groups is 1. The van der Waals surface area contributed by atoms with Crippen LogP contribution in [0.15, 0.2) is 16.5 Å². The summed E-state index contributed by atoms with van der Waals surface area (Å²) >= 11 is 0. The van der Waals surface area contributed by atoms with Crippen LogP contribution >= 0.6 is 0 Å². The highest BCUT2D eigenvalue weighted by molar-refractivity contribution is 5.74. The monoisotopic (exact) mass is 307 g/mol. The number of amides is 2. The molecule has 0 aliphatic carbocycles. The summed E-state index contributed by atoms with van der Waals surface area (Å²) in [7, 11) is 3.51. The van der Waals surface area contributed by atoms with Crippen LogP contribution in [0.25, 0.3) is 0 Å². The largest absolute Gasteiger partial charge is 0.465 e. The maximum atomic E-state index is 12.0. The molecule has 2 amide bonds. The smallest absolute Gasteiger partial charge is 0.317 e. The standard InChI is InChI=1S/C16H25N3O3/c1-11-6-7-12(22-11)9-19-10-13(17-16(20)18(2)3)15-14(19)5-4-8-21-15/h6-7,13-15H,4-5,8-10H2,1-3H3,(H,17,20)/t13-,14+,15+/m0/s1. The summed E-state index contributed by atoms with van der Waals surface area (Å²) in [6.07, 6.45) is 2.26. The van der Waals surface area contributed by atoms with E-state index in [1.54, 1.807) is 19.0 Å². The molecule has 2 aliphatic rings. The van der Waals surface area contributed by atoms with Gasteiger partial charge in [0, 0.05) is 33.3 Å². The molecule has 0 aromatic carbocycles. The molecule has 0 radical (unpaired) electrons. The van der Waals surface area contributed by atoms with Crippen LogP contribution in [0.3, 0.4) is 0 Å². The maximum absolute atomic E-state index is 12.0. The van der Waals surface area contributed by atoms with Gasteiger partial charge >= 0.3 is 6.03 Å². The van der Waals surface area contributed by atoms with E-state index in [-0.39, 0.29) is 18.2 Å². The first kappa shape index (κ1) is 15.4. The van der Waals surface area contributed by atoms with E-state index in [4.69, 9.17) is 9.15 Å². The number of aryl methyl sites for hydroxylation is 1. The first-order valence-electron chi connectivity index (χ1n) is 7.93. The molecule has 1 N–H and O–H groups in total. The molecule has 2 aliphatic heterocycles. The van der Waals surface area contributed by atoms with Gasteiger partial charge in [-0.2, -0.15) is 0 Å². The van der Waals surface area contributed by atoms with Crippen molar-refractivity contribution in [3.05, 3.63) is 23.7 Å². The highest BCUT2D eigenvalue weighted by Gasteiger charge is 2.44. The Kier molecular flexibility index (Phi) is 4.40. The highest BCUT2D eigenvalue weighted by atomic mass is 16.5. The van der Waals surface area contributed by atoms with Gasteiger partial charge in [-0.15, -0.1) is 0 Å². The molecule has 3 atom stereocenters. The number of hydrogen-bond acceptors (Lipinski definition) is 4. The number of nitrogens with one attached hydrogen (secondary N) is 1. The molecular weight excluding hydrogens is 282 g/mol. The van der Waals surface area contributed by atoms with E-state index in [1.807, 2.05) is 19.1 Å². The van der Waals surface area contributed by atoms with Crippen LogP contribution in [0.5, 0.6) is 0 Å². The zero-order valence-corrected chi connectivity index (χ0v) is 13.5. The van der Waals surface area contributed by atoms with Crippen molar-refractivity contribution in [2.75, 3.05) is 27.2 Å². The second kappa shape index (κ2) is 6.30. The molecule has 0 unspecified atom stereocenters. The zero-order chi connectivity index (χ0) is 15.7. The Morgan fingerprint density at radius 1 is 1.45 bits per heavy atom. The summed E-state index contributed by atoms with van der Waals surface area (Å²) in [5.74, 6) is 1.91. The molecule has 2 saturated heterocycles. The number of hydrogen-bond donors (Lipinski definition) is 1. The summed E-state index contributed by atoms with van der Waals surface area (Å²) in [5.41, 5.74) is 0. The summed E-state index contributed by atoms with van der Waals surface area (Å²) in [4.78, 5) is 15.9. The first-order valence-corrected chi connectivity index (χ1v) is 7.93. The molecule has 0 saturated carbocycles. The van der Waals surface area contributed by atoms with Crippen LogP contribution in [0, 0.1) is 6.92 Å². The van der Waals surface area contributed by atoms with E-state index in [9.17, 15) is 4.79 Å². The van der Waals surface area contributed by atoms with Gasteiger partial charge in [-0.25, -0.2) is 4.79 Å². The quantitative estimate of drug-likeness (QED) is 0.921. The molecule has 0 spiro atoms. The Balaban J connectivity index is 1.70. The van der Waals surface area contributed by atoms with Crippen molar-refractivity contribution in [1.29, 1.82) is 0 Å². The van der Waals surface area contributed by atoms with E-state index in [2.05, 4.69) is 10.2 Å². The third-order valence-electron chi connectivity index (χ3n) is 4.50. The van der Waals surface area contributed by atoms with Gasteiger partial charge in [0.1, 0.15) is 11.5 Å². The van der Waals surface area contributed by atoms with Gasteiger partial charge in [-0.3, -0.25) is 4.90 Å². The third kappa shape index (κ3) is 3.13. The molecule has 3 rings (SSSR count). The summed E-state index contributed by atoms with van der Waals surface area (Å²) in [6, 6.07) is 4.35. The fraction of sp³-hybridized carbons (Fsp3) is 0.688. The van der Waals surface area contributed by atoms with E-state index >= 15 is 0 Å². The number of likely N-dealkylation sites (tertiary alicyclic amines) is 1. The number of nitrogens with zero attached hydrogens (tertiary/aromatic N) is 2. The van der Waals surface area contributed by atoms with Crippen LogP contribution in [-0.4, -0.2) is 61.3 Å². The Bertz CT molecular complexity index is 528. The normalized spacial score (nSPS) is 28.4. The van der Waals surface area contributed by atoms with Gasteiger partial charge in [-0.05, 0) is 31.9 Å². The first-order chi connectivity index (χ1) is 10.5. The van der Waals surface area contributed by atoms with Crippen LogP contribution in [-0.2, 0) is 11.3 Å². The molecule has 0 bridgehead atoms. The van der Waals surface area contributed by atoms with Gasteiger partial charge in [0.2, 0.25) is 0 Å². The lowest BCUT2D eigenvalue weighted by Crippen LogP contribution is -2.50. The number of rotatable bonds is 3. The average Bonchev–Trinajstić information content (AvgIpc) is 3.04. The van der Waals surface area contributed by atoms with Crippen LogP contribution in [0.2, 0.25) is 0 Å². The Hall–Kier alpha value is -1.53. The van der Waals surface area contributed by atoms with E-state index in [0.29, 0.717) is 6.04 Å². The highest BCUT2D eigenvalue weighted by Crippen LogP contribution is 2.30. The van der Waals surface area contributed by atoms with E-state index in [0.717, 1.165) is 44.1 Å². The second-order valence-corrected chi connectivity index (χ2v) is 6.44. The minimum atomic E-state index is -0.0615. The lowest BCUT2D eigenvalue weighted by Gasteiger charge is -2.32. The number of carbonyl (C=O) groups is 1. The van der Waals surface area contributed by atoms with Crippen molar-refractivity contribution in [2.45, 2.75) is 44.5 Å². The fourth-order valence-electron chi connectivity index (χ4n) is 3.42. The van der Waals surface area contributed by atoms with Crippen molar-refractivity contribution in [1.82, 2.24) is 15.1 Å². The number of fused-ring (bicyclic) bond motifs is 1. The van der Waals surface area contributed by atoms with Crippen LogP contribution in [0.4, 0.5) is 4.79 Å². The predicted molar refractivity (Wildman–Crippen MR) is 82.6 cm³/mol. The molecule has 1 aromatic heterocycles. The van der Waals surface area contributed by atoms with Crippen molar-refractivity contribution in [2.24, 2.45) is 0 Å². The lowest BCUT2D eigenvalue weighted by molar-refractivity contribution is -0.0215. The SMILES string of the molecule is Cc1ccc(CN2C[C@H](NC(=O)N(C)C)[C@H]3OCCC[C@H]32)o1.